The highest BCUT2D eigenvalue weighted by molar-refractivity contribution is 5.69. The Bertz CT molecular complexity index is 776. The smallest absolute Gasteiger partial charge is 0.306 e. The molecule has 0 aliphatic heterocycles. The number of fused-ring (bicyclic) bond motifs is 5. The van der Waals surface area contributed by atoms with Crippen LogP contribution >= 0.6 is 0 Å². The molecule has 0 N–H and O–H groups in total. The van der Waals surface area contributed by atoms with E-state index in [2.05, 4.69) is 40.0 Å². The monoisotopic (exact) mass is 468 g/mol. The molecule has 0 aromatic carbocycles. The number of carbonyl (C=O) groups is 1. The van der Waals surface area contributed by atoms with Gasteiger partial charge in [-0.25, -0.2) is 0 Å². The van der Waals surface area contributed by atoms with Crippen LogP contribution < -0.4 is 0 Å². The van der Waals surface area contributed by atoms with Gasteiger partial charge in [0.25, 0.3) is 0 Å². The highest BCUT2D eigenvalue weighted by Gasteiger charge is 2.60. The van der Waals surface area contributed by atoms with Gasteiger partial charge in [0.15, 0.2) is 0 Å². The van der Waals surface area contributed by atoms with Gasteiger partial charge in [-0.05, 0) is 81.0 Å². The lowest BCUT2D eigenvalue weighted by atomic mass is 9.47. The van der Waals surface area contributed by atoms with Crippen molar-refractivity contribution in [1.29, 1.82) is 0 Å². The maximum absolute atomic E-state index is 12.6. The van der Waals surface area contributed by atoms with Crippen molar-refractivity contribution in [3.63, 3.8) is 0 Å². The molecule has 4 rings (SSSR count). The van der Waals surface area contributed by atoms with Gasteiger partial charge in [0.1, 0.15) is 6.10 Å². The summed E-state index contributed by atoms with van der Waals surface area (Å²) in [6.07, 6.45) is 21.0. The molecule has 0 amide bonds. The maximum Gasteiger partial charge on any atom is 0.306 e. The molecule has 190 valence electrons. The van der Waals surface area contributed by atoms with E-state index < -0.39 is 0 Å². The molecular weight excluding hydrogens is 420 g/mol. The van der Waals surface area contributed by atoms with Crippen LogP contribution in [0.4, 0.5) is 0 Å². The first-order chi connectivity index (χ1) is 16.4. The molecule has 0 aromatic heterocycles. The third-order valence-corrected chi connectivity index (χ3v) is 10.3. The van der Waals surface area contributed by atoms with Crippen molar-refractivity contribution in [2.45, 2.75) is 123 Å². The molecule has 0 radical (unpaired) electrons. The first kappa shape index (κ1) is 25.7. The van der Waals surface area contributed by atoms with Crippen LogP contribution in [-0.4, -0.2) is 24.3 Å². The molecule has 3 fully saturated rings. The summed E-state index contributed by atoms with van der Waals surface area (Å²) >= 11 is 0. The van der Waals surface area contributed by atoms with E-state index in [9.17, 15) is 4.79 Å². The van der Waals surface area contributed by atoms with Crippen LogP contribution in [0.25, 0.3) is 0 Å². The second-order valence-electron chi connectivity index (χ2n) is 12.1. The predicted octanol–water partition coefficient (Wildman–Crippen LogP) is 7.96. The number of hydrogen-bond donors (Lipinski definition) is 0. The average Bonchev–Trinajstić information content (AvgIpc) is 3.16. The molecule has 3 nitrogen and oxygen atoms in total. The normalized spacial score (nSPS) is 38.9. The van der Waals surface area contributed by atoms with Gasteiger partial charge < -0.3 is 9.47 Å². The first-order valence-corrected chi connectivity index (χ1v) is 14.2. The molecule has 0 saturated heterocycles. The number of unbranched alkanes of at least 4 members (excludes halogenated alkanes) is 3. The van der Waals surface area contributed by atoms with Crippen LogP contribution in [0.15, 0.2) is 37.0 Å². The number of ether oxygens (including phenoxy) is 2. The Morgan fingerprint density at radius 1 is 1.06 bits per heavy atom. The van der Waals surface area contributed by atoms with Crippen LogP contribution in [0.2, 0.25) is 0 Å². The van der Waals surface area contributed by atoms with Crippen LogP contribution in [-0.2, 0) is 14.3 Å². The fourth-order valence-electron chi connectivity index (χ4n) is 8.27. The summed E-state index contributed by atoms with van der Waals surface area (Å²) < 4.78 is 12.4. The fraction of sp³-hybridized carbons (Fsp3) is 0.774. The Morgan fingerprint density at radius 2 is 1.85 bits per heavy atom. The molecule has 34 heavy (non-hydrogen) atoms. The van der Waals surface area contributed by atoms with Gasteiger partial charge in [0.05, 0.1) is 12.2 Å². The van der Waals surface area contributed by atoms with Crippen molar-refractivity contribution in [3.05, 3.63) is 37.0 Å². The van der Waals surface area contributed by atoms with Gasteiger partial charge in [-0.3, -0.25) is 4.79 Å². The molecule has 0 bridgehead atoms. The third-order valence-electron chi connectivity index (χ3n) is 10.3. The molecule has 0 aromatic rings. The van der Waals surface area contributed by atoms with E-state index in [0.717, 1.165) is 37.5 Å². The number of esters is 1. The van der Waals surface area contributed by atoms with Crippen LogP contribution in [0.5, 0.6) is 0 Å². The van der Waals surface area contributed by atoms with Gasteiger partial charge in [-0.15, -0.1) is 13.2 Å². The molecule has 3 unspecified atom stereocenters. The number of hydrogen-bond acceptors (Lipinski definition) is 3. The highest BCUT2D eigenvalue weighted by Crippen LogP contribution is 2.65. The molecule has 3 heteroatoms. The minimum absolute atomic E-state index is 0.0431. The van der Waals surface area contributed by atoms with Gasteiger partial charge in [0.2, 0.25) is 0 Å². The zero-order valence-electron chi connectivity index (χ0n) is 22.0. The Kier molecular flexibility index (Phi) is 8.12. The Labute approximate surface area is 208 Å². The van der Waals surface area contributed by atoms with E-state index in [1.54, 1.807) is 5.57 Å². The standard InChI is InChI=1S/C31H48O3/c1-6-9-10-11-12-29(32)34-28-16-15-26-25-14-13-22-21-24(33-23(7-2)8-3)17-19-30(22,4)27(25)18-20-31(26,28)5/h7-8,21,23-28H,2-3,6,9-20H2,1,4-5H3/t24?,25-,26?,27?,28-,30-,31-/m0/s1. The molecule has 7 atom stereocenters. The molecule has 0 heterocycles. The van der Waals surface area contributed by atoms with E-state index in [-0.39, 0.29) is 29.7 Å². The van der Waals surface area contributed by atoms with Gasteiger partial charge in [-0.2, -0.15) is 0 Å². The second-order valence-corrected chi connectivity index (χ2v) is 12.1. The van der Waals surface area contributed by atoms with Crippen molar-refractivity contribution in [2.24, 2.45) is 28.6 Å². The topological polar surface area (TPSA) is 35.5 Å². The number of allylic oxidation sites excluding steroid dienone is 1. The van der Waals surface area contributed by atoms with Crippen molar-refractivity contribution in [2.75, 3.05) is 0 Å². The summed E-state index contributed by atoms with van der Waals surface area (Å²) in [5, 5.41) is 0. The lowest BCUT2D eigenvalue weighted by Gasteiger charge is -2.58. The second kappa shape index (κ2) is 10.7. The van der Waals surface area contributed by atoms with Gasteiger partial charge >= 0.3 is 5.97 Å². The zero-order chi connectivity index (χ0) is 24.3. The molecule has 0 spiro atoms. The van der Waals surface area contributed by atoms with E-state index in [0.29, 0.717) is 17.8 Å². The summed E-state index contributed by atoms with van der Waals surface area (Å²) in [5.41, 5.74) is 2.10. The molecule has 4 aliphatic carbocycles. The molecular formula is C31H48O3. The Balaban J connectivity index is 1.41. The summed E-state index contributed by atoms with van der Waals surface area (Å²) in [4.78, 5) is 12.6. The van der Waals surface area contributed by atoms with E-state index >= 15 is 0 Å². The van der Waals surface area contributed by atoms with E-state index in [1.165, 1.54) is 51.4 Å². The highest BCUT2D eigenvalue weighted by atomic mass is 16.5. The summed E-state index contributed by atoms with van der Waals surface area (Å²) in [6, 6.07) is 0. The Hall–Kier alpha value is -1.35. The summed E-state index contributed by atoms with van der Waals surface area (Å²) in [7, 11) is 0. The van der Waals surface area contributed by atoms with Crippen molar-refractivity contribution < 1.29 is 14.3 Å². The largest absolute Gasteiger partial charge is 0.462 e. The molecule has 4 aliphatic rings. The van der Waals surface area contributed by atoms with Crippen LogP contribution in [0.1, 0.15) is 104 Å². The number of carbonyl (C=O) groups excluding carboxylic acids is 1. The van der Waals surface area contributed by atoms with E-state index in [1.807, 2.05) is 12.2 Å². The SMILES string of the molecule is C=CC(C=C)OC1C=C2CC[C@@H]3C(CC[C@@]4(C)C3CC[C@@H]4OC(=O)CCCCCC)[C@@]2(C)CC1. The lowest BCUT2D eigenvalue weighted by molar-refractivity contribution is -0.160. The maximum atomic E-state index is 12.6. The summed E-state index contributed by atoms with van der Waals surface area (Å²) in [6.45, 7) is 15.0. The average molecular weight is 469 g/mol. The predicted molar refractivity (Wildman–Crippen MR) is 139 cm³/mol. The quantitative estimate of drug-likeness (QED) is 0.185. The summed E-state index contributed by atoms with van der Waals surface area (Å²) in [5.74, 6) is 2.26. The minimum Gasteiger partial charge on any atom is -0.462 e. The van der Waals surface area contributed by atoms with Gasteiger partial charge in [0, 0.05) is 11.8 Å². The lowest BCUT2D eigenvalue weighted by Crippen LogP contribution is -2.52. The Morgan fingerprint density at radius 3 is 2.59 bits per heavy atom. The number of rotatable bonds is 10. The fourth-order valence-corrected chi connectivity index (χ4v) is 8.27. The van der Waals surface area contributed by atoms with Crippen molar-refractivity contribution in [1.82, 2.24) is 0 Å². The van der Waals surface area contributed by atoms with Crippen LogP contribution in [0.3, 0.4) is 0 Å². The first-order valence-electron chi connectivity index (χ1n) is 14.2. The van der Waals surface area contributed by atoms with Gasteiger partial charge in [-0.1, -0.05) is 63.8 Å². The third kappa shape index (κ3) is 4.84. The van der Waals surface area contributed by atoms with Crippen molar-refractivity contribution >= 4 is 5.97 Å². The minimum atomic E-state index is -0.0669. The van der Waals surface area contributed by atoms with Crippen LogP contribution in [0, 0.1) is 28.6 Å². The van der Waals surface area contributed by atoms with E-state index in [4.69, 9.17) is 9.47 Å². The van der Waals surface area contributed by atoms with Crippen molar-refractivity contribution in [3.8, 4) is 0 Å². The zero-order valence-corrected chi connectivity index (χ0v) is 22.0. The molecule has 3 saturated carbocycles.